The quantitative estimate of drug-likeness (QED) is 0.838. The average Bonchev–Trinajstić information content (AvgIpc) is 2.73. The molecule has 1 saturated carbocycles. The molecule has 0 spiro atoms. The Kier molecular flexibility index (Phi) is 4.76. The van der Waals surface area contributed by atoms with Gasteiger partial charge in [0.15, 0.2) is 0 Å². The second kappa shape index (κ2) is 6.16. The molecule has 1 heterocycles. The summed E-state index contributed by atoms with van der Waals surface area (Å²) >= 11 is 0. The lowest BCUT2D eigenvalue weighted by molar-refractivity contribution is -0.137. The smallest absolute Gasteiger partial charge is 0.303 e. The summed E-state index contributed by atoms with van der Waals surface area (Å²) in [4.78, 5) is 12.8. The van der Waals surface area contributed by atoms with Gasteiger partial charge in [-0.1, -0.05) is 0 Å². The number of carbonyl (C=O) groups is 1. The van der Waals surface area contributed by atoms with Crippen LogP contribution in [-0.2, 0) is 4.79 Å². The summed E-state index contributed by atoms with van der Waals surface area (Å²) in [5.74, 6) is -2.67. The fourth-order valence-electron chi connectivity index (χ4n) is 3.44. The van der Waals surface area contributed by atoms with E-state index in [4.69, 9.17) is 5.11 Å². The standard InChI is InChI=1S/C14H23F2NO2/c15-14(16)6-1-2-12(8-14)10-17-7-5-11(9-17)3-4-13(18)19/h11-12H,1-10H2,(H,18,19). The molecule has 0 aromatic heterocycles. The van der Waals surface area contributed by atoms with Gasteiger partial charge in [0.2, 0.25) is 5.92 Å². The Morgan fingerprint density at radius 2 is 2.11 bits per heavy atom. The van der Waals surface area contributed by atoms with Crippen molar-refractivity contribution in [3.63, 3.8) is 0 Å². The van der Waals surface area contributed by atoms with Gasteiger partial charge in [0.05, 0.1) is 0 Å². The van der Waals surface area contributed by atoms with Crippen LogP contribution >= 0.6 is 0 Å². The molecule has 0 aromatic carbocycles. The maximum absolute atomic E-state index is 13.3. The first-order valence-corrected chi connectivity index (χ1v) is 7.26. The Hall–Kier alpha value is -0.710. The molecule has 1 N–H and O–H groups in total. The number of hydrogen-bond acceptors (Lipinski definition) is 2. The highest BCUT2D eigenvalue weighted by Gasteiger charge is 2.37. The SMILES string of the molecule is O=C(O)CCC1CCN(CC2CCCC(F)(F)C2)C1. The van der Waals surface area contributed by atoms with Crippen LogP contribution in [0.25, 0.3) is 0 Å². The number of likely N-dealkylation sites (tertiary alicyclic amines) is 1. The molecular formula is C14H23F2NO2. The molecular weight excluding hydrogens is 252 g/mol. The van der Waals surface area contributed by atoms with Crippen LogP contribution < -0.4 is 0 Å². The molecule has 2 atom stereocenters. The largest absolute Gasteiger partial charge is 0.481 e. The highest BCUT2D eigenvalue weighted by Crippen LogP contribution is 2.37. The summed E-state index contributed by atoms with van der Waals surface area (Å²) < 4.78 is 26.7. The molecule has 0 radical (unpaired) electrons. The van der Waals surface area contributed by atoms with Crippen molar-refractivity contribution in [1.82, 2.24) is 4.90 Å². The third-order valence-corrected chi connectivity index (χ3v) is 4.40. The normalized spacial score (nSPS) is 31.5. The average molecular weight is 275 g/mol. The van der Waals surface area contributed by atoms with Gasteiger partial charge in [0.25, 0.3) is 0 Å². The fraction of sp³-hybridized carbons (Fsp3) is 0.929. The molecule has 1 saturated heterocycles. The lowest BCUT2D eigenvalue weighted by Crippen LogP contribution is -2.34. The first-order valence-electron chi connectivity index (χ1n) is 7.26. The number of nitrogens with zero attached hydrogens (tertiary/aromatic N) is 1. The molecule has 3 nitrogen and oxygen atoms in total. The molecule has 2 unspecified atom stereocenters. The summed E-state index contributed by atoms with van der Waals surface area (Å²) in [5.41, 5.74) is 0. The topological polar surface area (TPSA) is 40.5 Å². The van der Waals surface area contributed by atoms with Crippen LogP contribution in [0.5, 0.6) is 0 Å². The van der Waals surface area contributed by atoms with Crippen LogP contribution in [0.3, 0.4) is 0 Å². The molecule has 2 fully saturated rings. The molecule has 0 amide bonds. The molecule has 2 aliphatic rings. The van der Waals surface area contributed by atoms with Gasteiger partial charge in [-0.25, -0.2) is 8.78 Å². The Morgan fingerprint density at radius 3 is 2.79 bits per heavy atom. The van der Waals surface area contributed by atoms with Gasteiger partial charge in [-0.3, -0.25) is 4.79 Å². The van der Waals surface area contributed by atoms with Crippen molar-refractivity contribution in [3.8, 4) is 0 Å². The third kappa shape index (κ3) is 4.71. The van der Waals surface area contributed by atoms with Gasteiger partial charge < -0.3 is 10.0 Å². The van der Waals surface area contributed by atoms with E-state index >= 15 is 0 Å². The minimum absolute atomic E-state index is 0.0310. The lowest BCUT2D eigenvalue weighted by atomic mass is 9.86. The zero-order valence-corrected chi connectivity index (χ0v) is 11.3. The van der Waals surface area contributed by atoms with Gasteiger partial charge in [-0.15, -0.1) is 0 Å². The molecule has 110 valence electrons. The van der Waals surface area contributed by atoms with E-state index < -0.39 is 11.9 Å². The van der Waals surface area contributed by atoms with Crippen LogP contribution in [0.4, 0.5) is 8.78 Å². The van der Waals surface area contributed by atoms with Gasteiger partial charge >= 0.3 is 5.97 Å². The first-order chi connectivity index (χ1) is 8.94. The minimum atomic E-state index is -2.47. The van der Waals surface area contributed by atoms with Crippen LogP contribution in [0.1, 0.15) is 44.9 Å². The highest BCUT2D eigenvalue weighted by molar-refractivity contribution is 5.66. The molecule has 1 aliphatic heterocycles. The van der Waals surface area contributed by atoms with Gasteiger partial charge in [-0.05, 0) is 44.1 Å². The molecule has 19 heavy (non-hydrogen) atoms. The number of carboxylic acid groups (broad SMARTS) is 1. The first kappa shape index (κ1) is 14.7. The molecule has 1 aliphatic carbocycles. The molecule has 5 heteroatoms. The number of rotatable bonds is 5. The number of halogens is 2. The lowest BCUT2D eigenvalue weighted by Gasteiger charge is -2.31. The van der Waals surface area contributed by atoms with Crippen molar-refractivity contribution >= 4 is 5.97 Å². The second-order valence-electron chi connectivity index (χ2n) is 6.17. The van der Waals surface area contributed by atoms with Crippen molar-refractivity contribution in [3.05, 3.63) is 0 Å². The predicted octanol–water partition coefficient (Wildman–Crippen LogP) is 3.00. The molecule has 2 rings (SSSR count). The van der Waals surface area contributed by atoms with Crippen LogP contribution in [-0.4, -0.2) is 41.5 Å². The Labute approximate surface area is 113 Å². The van der Waals surface area contributed by atoms with E-state index in [2.05, 4.69) is 4.90 Å². The van der Waals surface area contributed by atoms with Gasteiger partial charge in [-0.2, -0.15) is 0 Å². The summed E-state index contributed by atoms with van der Waals surface area (Å²) in [6.45, 7) is 2.58. The van der Waals surface area contributed by atoms with Crippen molar-refractivity contribution < 1.29 is 18.7 Å². The molecule has 0 bridgehead atoms. The Balaban J connectivity index is 1.71. The highest BCUT2D eigenvalue weighted by atomic mass is 19.3. The third-order valence-electron chi connectivity index (χ3n) is 4.40. The zero-order chi connectivity index (χ0) is 13.9. The van der Waals surface area contributed by atoms with Gasteiger partial charge in [0.1, 0.15) is 0 Å². The van der Waals surface area contributed by atoms with Gasteiger partial charge in [0, 0.05) is 32.4 Å². The van der Waals surface area contributed by atoms with Crippen LogP contribution in [0, 0.1) is 11.8 Å². The summed E-state index contributed by atoms with van der Waals surface area (Å²) in [5, 5.41) is 8.66. The number of aliphatic carboxylic acids is 1. The van der Waals surface area contributed by atoms with E-state index in [1.807, 2.05) is 0 Å². The van der Waals surface area contributed by atoms with E-state index in [1.165, 1.54) is 0 Å². The Morgan fingerprint density at radius 1 is 1.32 bits per heavy atom. The van der Waals surface area contributed by atoms with Crippen molar-refractivity contribution in [2.24, 2.45) is 11.8 Å². The number of alkyl halides is 2. The Bertz CT molecular complexity index is 323. The number of hydrogen-bond donors (Lipinski definition) is 1. The summed E-state index contributed by atoms with van der Waals surface area (Å²) in [7, 11) is 0. The minimum Gasteiger partial charge on any atom is -0.481 e. The van der Waals surface area contributed by atoms with E-state index in [0.29, 0.717) is 18.8 Å². The zero-order valence-electron chi connectivity index (χ0n) is 11.3. The monoisotopic (exact) mass is 275 g/mol. The van der Waals surface area contributed by atoms with E-state index in [1.54, 1.807) is 0 Å². The summed E-state index contributed by atoms with van der Waals surface area (Å²) in [6, 6.07) is 0. The maximum atomic E-state index is 13.3. The van der Waals surface area contributed by atoms with Crippen molar-refractivity contribution in [2.45, 2.75) is 50.9 Å². The predicted molar refractivity (Wildman–Crippen MR) is 68.3 cm³/mol. The van der Waals surface area contributed by atoms with E-state index in [9.17, 15) is 13.6 Å². The molecule has 0 aromatic rings. The fourth-order valence-corrected chi connectivity index (χ4v) is 3.44. The van der Waals surface area contributed by atoms with Crippen molar-refractivity contribution in [1.29, 1.82) is 0 Å². The van der Waals surface area contributed by atoms with E-state index in [-0.39, 0.29) is 25.2 Å². The number of carboxylic acids is 1. The maximum Gasteiger partial charge on any atom is 0.303 e. The van der Waals surface area contributed by atoms with E-state index in [0.717, 1.165) is 32.5 Å². The second-order valence-corrected chi connectivity index (χ2v) is 6.17. The van der Waals surface area contributed by atoms with Crippen LogP contribution in [0.2, 0.25) is 0 Å². The van der Waals surface area contributed by atoms with Crippen LogP contribution in [0.15, 0.2) is 0 Å². The summed E-state index contributed by atoms with van der Waals surface area (Å²) in [6.07, 6.45) is 3.57. The van der Waals surface area contributed by atoms with Crippen molar-refractivity contribution in [2.75, 3.05) is 19.6 Å².